The van der Waals surface area contributed by atoms with Crippen LogP contribution in [0.3, 0.4) is 0 Å². The molecule has 3 nitrogen and oxygen atoms in total. The van der Waals surface area contributed by atoms with Gasteiger partial charge < -0.3 is 5.32 Å². The highest BCUT2D eigenvalue weighted by atomic mass is 35.5. The second-order valence-corrected chi connectivity index (χ2v) is 7.24. The van der Waals surface area contributed by atoms with Gasteiger partial charge in [-0.05, 0) is 23.8 Å². The lowest BCUT2D eigenvalue weighted by Gasteiger charge is -2.21. The van der Waals surface area contributed by atoms with E-state index in [0.717, 1.165) is 12.1 Å². The number of pyridine rings is 1. The van der Waals surface area contributed by atoms with E-state index < -0.39 is 41.0 Å². The van der Waals surface area contributed by atoms with Crippen molar-refractivity contribution in [2.75, 3.05) is 0 Å². The summed E-state index contributed by atoms with van der Waals surface area (Å²) in [4.78, 5) is 16.5. The smallest absolute Gasteiger partial charge is 0.345 e. The van der Waals surface area contributed by atoms with Gasteiger partial charge in [0.25, 0.3) is 5.91 Å². The first-order chi connectivity index (χ1) is 15.0. The van der Waals surface area contributed by atoms with Crippen molar-refractivity contribution in [2.24, 2.45) is 0 Å². The first kappa shape index (κ1) is 23.6. The van der Waals surface area contributed by atoms with Gasteiger partial charge in [0.1, 0.15) is 0 Å². The average molecular weight is 473 g/mol. The van der Waals surface area contributed by atoms with E-state index in [-0.39, 0.29) is 17.1 Å². The molecule has 10 heteroatoms. The number of rotatable bonds is 5. The first-order valence-corrected chi connectivity index (χ1v) is 9.58. The molecule has 0 saturated carbocycles. The SMILES string of the molecule is O=C(NC(Cc1ncc(C(F)(F)F)cc1Cl)c1ccccc1)c1ccccc1C(F)(F)F. The lowest BCUT2D eigenvalue weighted by molar-refractivity contribution is -0.138. The van der Waals surface area contributed by atoms with E-state index >= 15 is 0 Å². The van der Waals surface area contributed by atoms with E-state index in [4.69, 9.17) is 11.6 Å². The van der Waals surface area contributed by atoms with Crippen molar-refractivity contribution in [3.8, 4) is 0 Å². The topological polar surface area (TPSA) is 42.0 Å². The number of hydrogen-bond acceptors (Lipinski definition) is 2. The van der Waals surface area contributed by atoms with Gasteiger partial charge >= 0.3 is 12.4 Å². The molecule has 1 N–H and O–H groups in total. The fourth-order valence-electron chi connectivity index (χ4n) is 3.07. The quantitative estimate of drug-likeness (QED) is 0.431. The molecule has 168 valence electrons. The number of amides is 1. The van der Waals surface area contributed by atoms with Gasteiger partial charge in [0.2, 0.25) is 0 Å². The summed E-state index contributed by atoms with van der Waals surface area (Å²) < 4.78 is 78.5. The minimum absolute atomic E-state index is 0.0536. The van der Waals surface area contributed by atoms with Gasteiger partial charge in [-0.3, -0.25) is 9.78 Å². The Labute approximate surface area is 184 Å². The van der Waals surface area contributed by atoms with Crippen LogP contribution in [0.4, 0.5) is 26.3 Å². The highest BCUT2D eigenvalue weighted by Gasteiger charge is 2.35. The van der Waals surface area contributed by atoms with Crippen LogP contribution in [0, 0.1) is 0 Å². The molecule has 0 radical (unpaired) electrons. The summed E-state index contributed by atoms with van der Waals surface area (Å²) in [6, 6.07) is 12.4. The van der Waals surface area contributed by atoms with Crippen molar-refractivity contribution < 1.29 is 31.1 Å². The summed E-state index contributed by atoms with van der Waals surface area (Å²) in [7, 11) is 0. The Morgan fingerprint density at radius 3 is 2.16 bits per heavy atom. The van der Waals surface area contributed by atoms with Gasteiger partial charge in [-0.2, -0.15) is 26.3 Å². The van der Waals surface area contributed by atoms with Crippen LogP contribution < -0.4 is 5.32 Å². The summed E-state index contributed by atoms with van der Waals surface area (Å²) in [5.41, 5.74) is -2.14. The van der Waals surface area contributed by atoms with Crippen LogP contribution >= 0.6 is 11.6 Å². The number of hydrogen-bond donors (Lipinski definition) is 1. The van der Waals surface area contributed by atoms with Crippen LogP contribution in [0.2, 0.25) is 5.02 Å². The molecule has 0 aliphatic heterocycles. The predicted molar refractivity (Wildman–Crippen MR) is 106 cm³/mol. The number of alkyl halides is 6. The molecule has 0 spiro atoms. The maximum absolute atomic E-state index is 13.3. The van der Waals surface area contributed by atoms with Crippen LogP contribution in [0.15, 0.2) is 66.9 Å². The predicted octanol–water partition coefficient (Wildman–Crippen LogP) is 6.49. The second kappa shape index (κ2) is 9.20. The monoisotopic (exact) mass is 472 g/mol. The standard InChI is InChI=1S/C22H15ClF6N2O/c23-17-10-14(21(24,25)26)12-30-19(17)11-18(13-6-2-1-3-7-13)31-20(32)15-8-4-5-9-16(15)22(27,28)29/h1-10,12,18H,11H2,(H,31,32). The van der Waals surface area contributed by atoms with Gasteiger partial charge in [0, 0.05) is 12.6 Å². The van der Waals surface area contributed by atoms with E-state index in [1.165, 1.54) is 12.1 Å². The van der Waals surface area contributed by atoms with Gasteiger partial charge in [-0.15, -0.1) is 0 Å². The summed E-state index contributed by atoms with van der Waals surface area (Å²) in [6.45, 7) is 0. The zero-order valence-corrected chi connectivity index (χ0v) is 16.9. The van der Waals surface area contributed by atoms with Crippen LogP contribution in [0.5, 0.6) is 0 Å². The maximum Gasteiger partial charge on any atom is 0.417 e. The number of carbonyl (C=O) groups excluding carboxylic acids is 1. The Bertz CT molecular complexity index is 1100. The molecule has 32 heavy (non-hydrogen) atoms. The van der Waals surface area contributed by atoms with Crippen molar-refractivity contribution in [1.82, 2.24) is 10.3 Å². The molecule has 1 unspecified atom stereocenters. The molecule has 3 aromatic rings. The lowest BCUT2D eigenvalue weighted by atomic mass is 9.99. The van der Waals surface area contributed by atoms with Gasteiger partial charge in [0.15, 0.2) is 0 Å². The molecular weight excluding hydrogens is 458 g/mol. The van der Waals surface area contributed by atoms with Crippen LogP contribution in [-0.4, -0.2) is 10.9 Å². The van der Waals surface area contributed by atoms with Crippen molar-refractivity contribution in [1.29, 1.82) is 0 Å². The maximum atomic E-state index is 13.3. The van der Waals surface area contributed by atoms with Crippen molar-refractivity contribution in [3.63, 3.8) is 0 Å². The van der Waals surface area contributed by atoms with E-state index in [1.54, 1.807) is 30.3 Å². The zero-order valence-electron chi connectivity index (χ0n) is 16.1. The van der Waals surface area contributed by atoms with E-state index in [9.17, 15) is 31.1 Å². The average Bonchev–Trinajstić information content (AvgIpc) is 2.73. The largest absolute Gasteiger partial charge is 0.417 e. The molecule has 0 aliphatic carbocycles. The minimum Gasteiger partial charge on any atom is -0.345 e. The van der Waals surface area contributed by atoms with Crippen LogP contribution in [-0.2, 0) is 18.8 Å². The van der Waals surface area contributed by atoms with Gasteiger partial charge in [-0.25, -0.2) is 0 Å². The Hall–Kier alpha value is -3.07. The van der Waals surface area contributed by atoms with Crippen LogP contribution in [0.1, 0.15) is 38.8 Å². The fourth-order valence-corrected chi connectivity index (χ4v) is 3.31. The summed E-state index contributed by atoms with van der Waals surface area (Å²) >= 11 is 5.98. The third-order valence-electron chi connectivity index (χ3n) is 4.63. The molecule has 0 aliphatic rings. The third-order valence-corrected chi connectivity index (χ3v) is 4.95. The Kier molecular flexibility index (Phi) is 6.78. The molecule has 0 saturated heterocycles. The van der Waals surface area contributed by atoms with E-state index in [1.807, 2.05) is 0 Å². The highest BCUT2D eigenvalue weighted by molar-refractivity contribution is 6.31. The number of halogens is 7. The minimum atomic E-state index is -4.74. The number of benzene rings is 2. The number of aromatic nitrogens is 1. The first-order valence-electron chi connectivity index (χ1n) is 9.20. The molecule has 1 amide bonds. The fraction of sp³-hybridized carbons (Fsp3) is 0.182. The third kappa shape index (κ3) is 5.59. The normalized spacial score (nSPS) is 13.0. The zero-order chi connectivity index (χ0) is 23.5. The Morgan fingerprint density at radius 1 is 0.938 bits per heavy atom. The van der Waals surface area contributed by atoms with E-state index in [0.29, 0.717) is 17.8 Å². The van der Waals surface area contributed by atoms with Crippen molar-refractivity contribution in [2.45, 2.75) is 24.8 Å². The van der Waals surface area contributed by atoms with Crippen molar-refractivity contribution >= 4 is 17.5 Å². The van der Waals surface area contributed by atoms with Crippen LogP contribution in [0.25, 0.3) is 0 Å². The molecule has 1 heterocycles. The Morgan fingerprint density at radius 2 is 1.56 bits per heavy atom. The number of nitrogens with zero attached hydrogens (tertiary/aromatic N) is 1. The molecule has 1 atom stereocenters. The summed E-state index contributed by atoms with van der Waals surface area (Å²) in [5.74, 6) is -0.991. The summed E-state index contributed by atoms with van der Waals surface area (Å²) in [5, 5.41) is 2.25. The molecular formula is C22H15ClF6N2O. The summed E-state index contributed by atoms with van der Waals surface area (Å²) in [6.07, 6.45) is -8.90. The van der Waals surface area contributed by atoms with Gasteiger partial charge in [0.05, 0.1) is 33.4 Å². The van der Waals surface area contributed by atoms with Gasteiger partial charge in [-0.1, -0.05) is 54.1 Å². The molecule has 2 aromatic carbocycles. The molecule has 1 aromatic heterocycles. The molecule has 0 bridgehead atoms. The highest BCUT2D eigenvalue weighted by Crippen LogP contribution is 2.34. The van der Waals surface area contributed by atoms with E-state index in [2.05, 4.69) is 10.3 Å². The Balaban J connectivity index is 1.93. The number of nitrogens with one attached hydrogen (secondary N) is 1. The molecule has 3 rings (SSSR count). The lowest BCUT2D eigenvalue weighted by Crippen LogP contribution is -2.32. The second-order valence-electron chi connectivity index (χ2n) is 6.83. The molecule has 0 fully saturated rings. The number of carbonyl (C=O) groups is 1. The van der Waals surface area contributed by atoms with Crippen molar-refractivity contribution in [3.05, 3.63) is 99.8 Å².